The summed E-state index contributed by atoms with van der Waals surface area (Å²) >= 11 is 0. The number of benzene rings is 1. The van der Waals surface area contributed by atoms with Crippen LogP contribution in [0.5, 0.6) is 0 Å². The van der Waals surface area contributed by atoms with Crippen LogP contribution in [-0.4, -0.2) is 4.57 Å². The lowest BCUT2D eigenvalue weighted by Gasteiger charge is -2.11. The number of alkyl halides is 3. The predicted molar refractivity (Wildman–Crippen MR) is 63.6 cm³/mol. The molecule has 0 amide bonds. The Balaban J connectivity index is 2.89. The highest BCUT2D eigenvalue weighted by atomic mass is 19.4. The number of hydrogen-bond acceptors (Lipinski definition) is 2. The Morgan fingerprint density at radius 2 is 2.05 bits per heavy atom. The first-order valence-electron chi connectivity index (χ1n) is 5.53. The van der Waals surface area contributed by atoms with E-state index in [-0.39, 0.29) is 10.9 Å². The van der Waals surface area contributed by atoms with E-state index in [2.05, 4.69) is 0 Å². The fourth-order valence-corrected chi connectivity index (χ4v) is 1.92. The summed E-state index contributed by atoms with van der Waals surface area (Å²) in [7, 11) is 0. The first kappa shape index (κ1) is 13.1. The lowest BCUT2D eigenvalue weighted by molar-refractivity contribution is -0.137. The largest absolute Gasteiger partial charge is 0.416 e. The first-order chi connectivity index (χ1) is 8.88. The fourth-order valence-electron chi connectivity index (χ4n) is 1.92. The Labute approximate surface area is 106 Å². The normalized spacial score (nSPS) is 11.5. The van der Waals surface area contributed by atoms with Gasteiger partial charge in [-0.25, -0.2) is 0 Å². The van der Waals surface area contributed by atoms with E-state index < -0.39 is 17.2 Å². The summed E-state index contributed by atoms with van der Waals surface area (Å²) in [4.78, 5) is 11.9. The topological polar surface area (TPSA) is 45.8 Å². The number of nitrogens with zero attached hydrogens (tertiary/aromatic N) is 2. The molecule has 98 valence electrons. The quantitative estimate of drug-likeness (QED) is 0.796. The van der Waals surface area contributed by atoms with Crippen molar-refractivity contribution in [2.75, 3.05) is 0 Å². The Bertz CT molecular complexity index is 738. The second-order valence-corrected chi connectivity index (χ2v) is 4.00. The molecule has 0 aliphatic heterocycles. The fraction of sp³-hybridized carbons (Fsp3) is 0.231. The van der Waals surface area contributed by atoms with Crippen molar-refractivity contribution in [3.8, 4) is 6.07 Å². The van der Waals surface area contributed by atoms with Crippen molar-refractivity contribution >= 4 is 10.9 Å². The van der Waals surface area contributed by atoms with Crippen LogP contribution in [-0.2, 0) is 12.7 Å². The lowest BCUT2D eigenvalue weighted by atomic mass is 10.1. The summed E-state index contributed by atoms with van der Waals surface area (Å²) in [6.45, 7) is 2.24. The average Bonchev–Trinajstić information content (AvgIpc) is 2.38. The summed E-state index contributed by atoms with van der Waals surface area (Å²) in [5, 5.41) is 8.75. The summed E-state index contributed by atoms with van der Waals surface area (Å²) in [6, 6.07) is 4.69. The molecule has 0 aliphatic carbocycles. The van der Waals surface area contributed by atoms with E-state index in [9.17, 15) is 18.0 Å². The molecule has 0 bridgehead atoms. The maximum Gasteiger partial charge on any atom is 0.416 e. The lowest BCUT2D eigenvalue weighted by Crippen LogP contribution is -2.14. The van der Waals surface area contributed by atoms with Crippen molar-refractivity contribution in [1.29, 1.82) is 5.26 Å². The van der Waals surface area contributed by atoms with Crippen molar-refractivity contribution in [2.24, 2.45) is 0 Å². The molecule has 0 aliphatic rings. The second kappa shape index (κ2) is 4.43. The average molecular weight is 266 g/mol. The summed E-state index contributed by atoms with van der Waals surface area (Å²) in [5.41, 5.74) is -1.34. The van der Waals surface area contributed by atoms with Crippen LogP contribution in [0.15, 0.2) is 29.2 Å². The van der Waals surface area contributed by atoms with Gasteiger partial charge in [-0.3, -0.25) is 4.79 Å². The number of aromatic nitrogens is 1. The van der Waals surface area contributed by atoms with Gasteiger partial charge in [0.05, 0.1) is 11.1 Å². The van der Waals surface area contributed by atoms with Gasteiger partial charge in [-0.1, -0.05) is 0 Å². The maximum atomic E-state index is 12.6. The van der Waals surface area contributed by atoms with Gasteiger partial charge in [-0.15, -0.1) is 0 Å². The minimum Gasteiger partial charge on any atom is -0.346 e. The second-order valence-electron chi connectivity index (χ2n) is 4.00. The van der Waals surface area contributed by atoms with Crippen LogP contribution >= 0.6 is 0 Å². The van der Waals surface area contributed by atoms with Gasteiger partial charge in [-0.2, -0.15) is 18.4 Å². The Kier molecular flexibility index (Phi) is 3.06. The number of nitriles is 1. The van der Waals surface area contributed by atoms with E-state index in [0.717, 1.165) is 12.1 Å². The molecule has 6 heteroatoms. The predicted octanol–water partition coefficient (Wildman–Crippen LogP) is 2.91. The molecular formula is C13H9F3N2O. The zero-order valence-corrected chi connectivity index (χ0v) is 9.95. The first-order valence-corrected chi connectivity index (χ1v) is 5.53. The molecule has 0 N–H and O–H groups in total. The Hall–Kier alpha value is -2.29. The van der Waals surface area contributed by atoms with Crippen LogP contribution in [0.2, 0.25) is 0 Å². The molecule has 0 saturated heterocycles. The van der Waals surface area contributed by atoms with Crippen molar-refractivity contribution < 1.29 is 13.2 Å². The smallest absolute Gasteiger partial charge is 0.346 e. The summed E-state index contributed by atoms with van der Waals surface area (Å²) < 4.78 is 39.5. The summed E-state index contributed by atoms with van der Waals surface area (Å²) in [5.74, 6) is 0. The third-order valence-corrected chi connectivity index (χ3v) is 2.87. The van der Waals surface area contributed by atoms with E-state index in [4.69, 9.17) is 5.26 Å². The van der Waals surface area contributed by atoms with Gasteiger partial charge < -0.3 is 4.57 Å². The van der Waals surface area contributed by atoms with E-state index >= 15 is 0 Å². The SMILES string of the molecule is CCn1cc(C#N)c(=O)c2cc(C(F)(F)F)ccc21. The number of halogens is 3. The molecule has 0 spiro atoms. The highest BCUT2D eigenvalue weighted by molar-refractivity contribution is 5.81. The molecule has 1 aromatic carbocycles. The Morgan fingerprint density at radius 1 is 1.37 bits per heavy atom. The van der Waals surface area contributed by atoms with Crippen LogP contribution in [0.3, 0.4) is 0 Å². The van der Waals surface area contributed by atoms with Crippen LogP contribution < -0.4 is 5.43 Å². The molecule has 0 unspecified atom stereocenters. The zero-order valence-electron chi connectivity index (χ0n) is 9.95. The van der Waals surface area contributed by atoms with E-state index in [0.29, 0.717) is 12.1 Å². The monoisotopic (exact) mass is 266 g/mol. The number of pyridine rings is 1. The van der Waals surface area contributed by atoms with Gasteiger partial charge >= 0.3 is 6.18 Å². The molecule has 3 nitrogen and oxygen atoms in total. The van der Waals surface area contributed by atoms with E-state index in [1.54, 1.807) is 17.6 Å². The van der Waals surface area contributed by atoms with Gasteiger partial charge in [0.2, 0.25) is 5.43 Å². The minimum atomic E-state index is -4.51. The van der Waals surface area contributed by atoms with Gasteiger partial charge in [0, 0.05) is 18.1 Å². The molecule has 0 atom stereocenters. The molecule has 0 radical (unpaired) electrons. The summed E-state index contributed by atoms with van der Waals surface area (Å²) in [6.07, 6.45) is -3.15. The van der Waals surface area contributed by atoms with Crippen molar-refractivity contribution in [3.63, 3.8) is 0 Å². The third-order valence-electron chi connectivity index (χ3n) is 2.87. The Morgan fingerprint density at radius 3 is 2.58 bits per heavy atom. The molecule has 0 saturated carbocycles. The molecular weight excluding hydrogens is 257 g/mol. The van der Waals surface area contributed by atoms with E-state index in [1.165, 1.54) is 12.3 Å². The molecule has 1 aromatic heterocycles. The van der Waals surface area contributed by atoms with Crippen molar-refractivity contribution in [3.05, 3.63) is 45.7 Å². The van der Waals surface area contributed by atoms with Crippen molar-refractivity contribution in [1.82, 2.24) is 4.57 Å². The molecule has 19 heavy (non-hydrogen) atoms. The highest BCUT2D eigenvalue weighted by Crippen LogP contribution is 2.30. The van der Waals surface area contributed by atoms with Crippen LogP contribution in [0, 0.1) is 11.3 Å². The molecule has 1 heterocycles. The molecule has 2 rings (SSSR count). The standard InChI is InChI=1S/C13H9F3N2O/c1-2-18-7-8(6-17)12(19)10-5-9(13(14,15)16)3-4-11(10)18/h3-5,7H,2H2,1H3. The number of fused-ring (bicyclic) bond motifs is 1. The van der Waals surface area contributed by atoms with E-state index in [1.807, 2.05) is 0 Å². The molecule has 0 fully saturated rings. The van der Waals surface area contributed by atoms with Crippen LogP contribution in [0.25, 0.3) is 10.9 Å². The third kappa shape index (κ3) is 2.19. The maximum absolute atomic E-state index is 12.6. The van der Waals surface area contributed by atoms with Crippen molar-refractivity contribution in [2.45, 2.75) is 19.6 Å². The zero-order chi connectivity index (χ0) is 14.2. The van der Waals surface area contributed by atoms with Gasteiger partial charge in [0.15, 0.2) is 0 Å². The van der Waals surface area contributed by atoms with Gasteiger partial charge in [-0.05, 0) is 25.1 Å². The number of rotatable bonds is 1. The highest BCUT2D eigenvalue weighted by Gasteiger charge is 2.30. The molecule has 2 aromatic rings. The minimum absolute atomic E-state index is 0.0873. The van der Waals surface area contributed by atoms with Gasteiger partial charge in [0.1, 0.15) is 11.6 Å². The van der Waals surface area contributed by atoms with Crippen LogP contribution in [0.1, 0.15) is 18.1 Å². The van der Waals surface area contributed by atoms with Crippen LogP contribution in [0.4, 0.5) is 13.2 Å². The number of hydrogen-bond donors (Lipinski definition) is 0. The van der Waals surface area contributed by atoms with Gasteiger partial charge in [0.25, 0.3) is 0 Å². The number of aryl methyl sites for hydroxylation is 1.